The summed E-state index contributed by atoms with van der Waals surface area (Å²) in [5, 5.41) is 0. The average molecular weight is 342 g/mol. The Morgan fingerprint density at radius 1 is 0.538 bits per heavy atom. The molecule has 0 fully saturated rings. The van der Waals surface area contributed by atoms with Gasteiger partial charge in [-0.15, -0.1) is 0 Å². The second-order valence-electron chi connectivity index (χ2n) is 7.65. The van der Waals surface area contributed by atoms with Gasteiger partial charge < -0.3 is 0 Å². The Kier molecular flexibility index (Phi) is 3.95. The van der Waals surface area contributed by atoms with Crippen LogP contribution in [0.5, 0.6) is 0 Å². The van der Waals surface area contributed by atoms with Crippen LogP contribution in [-0.2, 0) is 0 Å². The molecule has 0 unspecified atom stereocenters. The van der Waals surface area contributed by atoms with E-state index in [1.807, 2.05) is 12.1 Å². The number of fused-ring (bicyclic) bond motifs is 6. The molecule has 2 nitrogen and oxygen atoms in total. The standard InChI is InChI=1S/C24H26N2/c1-13-15(3)21-11-19(13)17(5)25-23-9-7-8-10-24(23)26-18(6)20-12-22(21)16(4)14(20)2/h7-10H,11-12H2,1-6H3. The molecule has 3 aliphatic rings. The van der Waals surface area contributed by atoms with E-state index < -0.39 is 0 Å². The molecule has 1 aromatic carbocycles. The van der Waals surface area contributed by atoms with Gasteiger partial charge in [-0.1, -0.05) is 12.1 Å². The van der Waals surface area contributed by atoms with Crippen LogP contribution in [-0.4, -0.2) is 11.4 Å². The van der Waals surface area contributed by atoms with Crippen molar-refractivity contribution >= 4 is 22.8 Å². The van der Waals surface area contributed by atoms with E-state index >= 15 is 0 Å². The van der Waals surface area contributed by atoms with E-state index in [1.54, 1.807) is 0 Å². The van der Waals surface area contributed by atoms with Gasteiger partial charge in [0.1, 0.15) is 0 Å². The molecule has 132 valence electrons. The molecule has 2 heteroatoms. The molecule has 1 aromatic rings. The molecule has 0 radical (unpaired) electrons. The summed E-state index contributed by atoms with van der Waals surface area (Å²) in [6, 6.07) is 8.22. The lowest BCUT2D eigenvalue weighted by Gasteiger charge is -2.12. The lowest BCUT2D eigenvalue weighted by atomic mass is 9.94. The highest BCUT2D eigenvalue weighted by Gasteiger charge is 2.29. The minimum Gasteiger partial charge on any atom is -0.251 e. The molecular formula is C24H26N2. The summed E-state index contributed by atoms with van der Waals surface area (Å²) in [6.45, 7) is 13.3. The van der Waals surface area contributed by atoms with Crippen LogP contribution in [0.4, 0.5) is 11.4 Å². The zero-order chi connectivity index (χ0) is 18.6. The lowest BCUT2D eigenvalue weighted by Crippen LogP contribution is -2.01. The molecule has 2 aliphatic carbocycles. The Balaban J connectivity index is 2.01. The van der Waals surface area contributed by atoms with Gasteiger partial charge in [0.15, 0.2) is 0 Å². The van der Waals surface area contributed by atoms with E-state index in [-0.39, 0.29) is 0 Å². The minimum absolute atomic E-state index is 0.956. The van der Waals surface area contributed by atoms with Gasteiger partial charge in [-0.25, -0.2) is 0 Å². The summed E-state index contributed by atoms with van der Waals surface area (Å²) in [7, 11) is 0. The molecule has 0 saturated heterocycles. The smallest absolute Gasteiger partial charge is 0.0889 e. The molecular weight excluding hydrogens is 316 g/mol. The number of para-hydroxylation sites is 2. The zero-order valence-electron chi connectivity index (χ0n) is 16.6. The first-order valence-electron chi connectivity index (χ1n) is 9.39. The molecule has 0 N–H and O–H groups in total. The first kappa shape index (κ1) is 17.0. The van der Waals surface area contributed by atoms with Crippen LogP contribution in [0.3, 0.4) is 0 Å². The van der Waals surface area contributed by atoms with Crippen LogP contribution in [0.15, 0.2) is 78.8 Å². The Morgan fingerprint density at radius 2 is 0.885 bits per heavy atom. The van der Waals surface area contributed by atoms with Crippen LogP contribution in [0.2, 0.25) is 0 Å². The van der Waals surface area contributed by atoms with E-state index in [0.717, 1.165) is 35.6 Å². The van der Waals surface area contributed by atoms with Crippen molar-refractivity contribution in [3.63, 3.8) is 0 Å². The zero-order valence-corrected chi connectivity index (χ0v) is 16.6. The molecule has 0 amide bonds. The predicted molar refractivity (Wildman–Crippen MR) is 112 cm³/mol. The molecule has 0 saturated carbocycles. The Bertz CT molecular complexity index is 937. The van der Waals surface area contributed by atoms with Gasteiger partial charge in [0.2, 0.25) is 0 Å². The summed E-state index contributed by atoms with van der Waals surface area (Å²) in [5.74, 6) is 0. The molecule has 4 rings (SSSR count). The topological polar surface area (TPSA) is 24.7 Å². The third-order valence-electron chi connectivity index (χ3n) is 6.34. The molecule has 0 atom stereocenters. The Morgan fingerprint density at radius 3 is 1.27 bits per heavy atom. The van der Waals surface area contributed by atoms with Gasteiger partial charge in [0.05, 0.1) is 11.4 Å². The van der Waals surface area contributed by atoms with Crippen molar-refractivity contribution in [3.05, 3.63) is 68.9 Å². The van der Waals surface area contributed by atoms with E-state index in [2.05, 4.69) is 53.7 Å². The first-order valence-corrected chi connectivity index (χ1v) is 9.39. The fraction of sp³-hybridized carbons (Fsp3) is 0.333. The fourth-order valence-corrected chi connectivity index (χ4v) is 4.40. The van der Waals surface area contributed by atoms with E-state index in [4.69, 9.17) is 9.98 Å². The van der Waals surface area contributed by atoms with Crippen molar-refractivity contribution < 1.29 is 0 Å². The summed E-state index contributed by atoms with van der Waals surface area (Å²) >= 11 is 0. The quantitative estimate of drug-likeness (QED) is 0.487. The second kappa shape index (κ2) is 6.05. The van der Waals surface area contributed by atoms with Crippen molar-refractivity contribution in [1.82, 2.24) is 0 Å². The predicted octanol–water partition coefficient (Wildman–Crippen LogP) is 6.96. The normalized spacial score (nSPS) is 20.2. The van der Waals surface area contributed by atoms with E-state index in [0.29, 0.717) is 0 Å². The molecule has 1 heterocycles. The molecule has 0 aromatic heterocycles. The van der Waals surface area contributed by atoms with Gasteiger partial charge >= 0.3 is 0 Å². The second-order valence-corrected chi connectivity index (χ2v) is 7.65. The highest BCUT2D eigenvalue weighted by molar-refractivity contribution is 6.06. The minimum atomic E-state index is 0.956. The monoisotopic (exact) mass is 342 g/mol. The molecule has 0 spiro atoms. The average Bonchev–Trinajstić information content (AvgIpc) is 3.07. The molecule has 4 bridgehead atoms. The van der Waals surface area contributed by atoms with Crippen molar-refractivity contribution in [2.75, 3.05) is 0 Å². The van der Waals surface area contributed by atoms with Crippen LogP contribution in [0.25, 0.3) is 0 Å². The van der Waals surface area contributed by atoms with Gasteiger partial charge in [-0.3, -0.25) is 9.98 Å². The third-order valence-corrected chi connectivity index (χ3v) is 6.34. The number of rotatable bonds is 0. The van der Waals surface area contributed by atoms with Gasteiger partial charge in [0.25, 0.3) is 0 Å². The maximum atomic E-state index is 4.97. The van der Waals surface area contributed by atoms with Crippen LogP contribution in [0, 0.1) is 0 Å². The molecule has 1 aliphatic heterocycles. The number of hydrogen-bond acceptors (Lipinski definition) is 2. The van der Waals surface area contributed by atoms with Crippen LogP contribution < -0.4 is 0 Å². The number of aliphatic imine (C=N–C) groups is 2. The summed E-state index contributed by atoms with van der Waals surface area (Å²) in [5.41, 5.74) is 15.5. The van der Waals surface area contributed by atoms with E-state index in [9.17, 15) is 0 Å². The number of benzene rings is 1. The summed E-state index contributed by atoms with van der Waals surface area (Å²) in [4.78, 5) is 9.95. The van der Waals surface area contributed by atoms with Crippen LogP contribution >= 0.6 is 0 Å². The van der Waals surface area contributed by atoms with Gasteiger partial charge in [0, 0.05) is 24.3 Å². The largest absolute Gasteiger partial charge is 0.251 e. The fourth-order valence-electron chi connectivity index (χ4n) is 4.40. The van der Waals surface area contributed by atoms with Crippen molar-refractivity contribution in [1.29, 1.82) is 0 Å². The molecule has 26 heavy (non-hydrogen) atoms. The van der Waals surface area contributed by atoms with Gasteiger partial charge in [-0.2, -0.15) is 0 Å². The van der Waals surface area contributed by atoms with Crippen LogP contribution in [0.1, 0.15) is 54.4 Å². The van der Waals surface area contributed by atoms with Crippen molar-refractivity contribution in [3.8, 4) is 0 Å². The number of hydrogen-bond donors (Lipinski definition) is 0. The van der Waals surface area contributed by atoms with E-state index in [1.165, 1.54) is 44.6 Å². The lowest BCUT2D eigenvalue weighted by molar-refractivity contribution is 1.11. The Labute approximate surface area is 156 Å². The number of nitrogens with zero attached hydrogens (tertiary/aromatic N) is 2. The highest BCUT2D eigenvalue weighted by atomic mass is 14.8. The van der Waals surface area contributed by atoms with Gasteiger partial charge in [-0.05, 0) is 98.3 Å². The van der Waals surface area contributed by atoms with Crippen molar-refractivity contribution in [2.24, 2.45) is 9.98 Å². The maximum Gasteiger partial charge on any atom is 0.0889 e. The Hall–Kier alpha value is -2.48. The maximum absolute atomic E-state index is 4.97. The third kappa shape index (κ3) is 2.47. The summed E-state index contributed by atoms with van der Waals surface area (Å²) in [6.07, 6.45) is 2.00. The number of allylic oxidation sites excluding steroid dienone is 8. The SMILES string of the molecule is CC1=Nc2ccccc2N=C(C)C2=C(C)C(C)=C(C2)C2=C(C)C(C)=C1C2. The summed E-state index contributed by atoms with van der Waals surface area (Å²) < 4.78 is 0. The van der Waals surface area contributed by atoms with Crippen molar-refractivity contribution in [2.45, 2.75) is 54.4 Å². The highest BCUT2D eigenvalue weighted by Crippen LogP contribution is 2.45. The first-order chi connectivity index (χ1) is 12.4.